The van der Waals surface area contributed by atoms with E-state index < -0.39 is 0 Å². The Bertz CT molecular complexity index is 857. The zero-order valence-electron chi connectivity index (χ0n) is 13.3. The maximum Gasteiger partial charge on any atom is 0.145 e. The van der Waals surface area contributed by atoms with E-state index in [1.54, 1.807) is 19.3 Å². The summed E-state index contributed by atoms with van der Waals surface area (Å²) in [6, 6.07) is 18.0. The second kappa shape index (κ2) is 7.06. The Hall–Kier alpha value is -2.98. The summed E-state index contributed by atoms with van der Waals surface area (Å²) in [6.07, 6.45) is 3.11. The van der Waals surface area contributed by atoms with Crippen LogP contribution in [0, 0.1) is 6.92 Å². The number of hydrogen-bond acceptors (Lipinski definition) is 4. The number of pyridine rings is 1. The van der Waals surface area contributed by atoms with Crippen LogP contribution in [0.25, 0.3) is 11.1 Å². The van der Waals surface area contributed by atoms with Gasteiger partial charge in [-0.05, 0) is 30.2 Å². The van der Waals surface area contributed by atoms with Crippen molar-refractivity contribution >= 4 is 11.9 Å². The van der Waals surface area contributed by atoms with Gasteiger partial charge in [0.2, 0.25) is 0 Å². The highest BCUT2D eigenvalue weighted by Crippen LogP contribution is 2.25. The van der Waals surface area contributed by atoms with Gasteiger partial charge < -0.3 is 10.2 Å². The number of aliphatic imine (C=N–C) groups is 1. The van der Waals surface area contributed by atoms with Crippen LogP contribution in [0.2, 0.25) is 0 Å². The molecule has 0 unspecified atom stereocenters. The molecule has 120 valence electrons. The Morgan fingerprint density at radius 2 is 1.67 bits per heavy atom. The molecule has 0 fully saturated rings. The van der Waals surface area contributed by atoms with Gasteiger partial charge in [-0.3, -0.25) is 9.98 Å². The summed E-state index contributed by atoms with van der Waals surface area (Å²) in [4.78, 5) is 8.44. The number of rotatable bonds is 4. The molecule has 0 aliphatic carbocycles. The van der Waals surface area contributed by atoms with Gasteiger partial charge in [0.15, 0.2) is 0 Å². The molecule has 2 N–H and O–H groups in total. The molecule has 0 aliphatic heterocycles. The maximum atomic E-state index is 10.1. The van der Waals surface area contributed by atoms with Crippen molar-refractivity contribution < 1.29 is 10.2 Å². The average Bonchev–Trinajstić information content (AvgIpc) is 2.64. The zero-order chi connectivity index (χ0) is 16.9. The van der Waals surface area contributed by atoms with Crippen LogP contribution in [-0.4, -0.2) is 21.4 Å². The molecule has 0 radical (unpaired) electrons. The third-order valence-electron chi connectivity index (χ3n) is 3.85. The van der Waals surface area contributed by atoms with E-state index in [2.05, 4.69) is 22.1 Å². The van der Waals surface area contributed by atoms with Crippen LogP contribution in [0.1, 0.15) is 16.8 Å². The predicted octanol–water partition coefficient (Wildman–Crippen LogP) is 4.01. The van der Waals surface area contributed by atoms with E-state index in [4.69, 9.17) is 0 Å². The fourth-order valence-corrected chi connectivity index (χ4v) is 2.43. The van der Waals surface area contributed by atoms with Gasteiger partial charge in [0.1, 0.15) is 5.75 Å². The quantitative estimate of drug-likeness (QED) is 0.714. The van der Waals surface area contributed by atoms with Gasteiger partial charge in [0, 0.05) is 23.5 Å². The van der Waals surface area contributed by atoms with Gasteiger partial charge in [-0.1, -0.05) is 42.5 Å². The molecule has 0 saturated carbocycles. The summed E-state index contributed by atoms with van der Waals surface area (Å²) < 4.78 is 0. The monoisotopic (exact) mass is 318 g/mol. The van der Waals surface area contributed by atoms with Crippen molar-refractivity contribution in [2.24, 2.45) is 4.99 Å². The number of aryl methyl sites for hydroxylation is 1. The third kappa shape index (κ3) is 3.34. The molecule has 0 saturated heterocycles. The van der Waals surface area contributed by atoms with E-state index in [0.717, 1.165) is 16.8 Å². The zero-order valence-corrected chi connectivity index (χ0v) is 13.3. The molecule has 2 aromatic carbocycles. The summed E-state index contributed by atoms with van der Waals surface area (Å²) in [5.74, 6) is 0.0474. The van der Waals surface area contributed by atoms with E-state index in [1.165, 1.54) is 0 Å². The summed E-state index contributed by atoms with van der Waals surface area (Å²) >= 11 is 0. The first-order chi connectivity index (χ1) is 11.7. The van der Waals surface area contributed by atoms with E-state index >= 15 is 0 Å². The molecular weight excluding hydrogens is 300 g/mol. The normalized spacial score (nSPS) is 11.1. The van der Waals surface area contributed by atoms with Crippen LogP contribution in [0.4, 0.5) is 5.69 Å². The third-order valence-corrected chi connectivity index (χ3v) is 3.85. The second-order valence-electron chi connectivity index (χ2n) is 5.46. The molecule has 1 aromatic heterocycles. The van der Waals surface area contributed by atoms with Gasteiger partial charge in [0.05, 0.1) is 18.0 Å². The lowest BCUT2D eigenvalue weighted by Gasteiger charge is -2.07. The van der Waals surface area contributed by atoms with Crippen molar-refractivity contribution in [3.63, 3.8) is 0 Å². The van der Waals surface area contributed by atoms with Crippen LogP contribution < -0.4 is 0 Å². The molecule has 3 aromatic rings. The molecule has 0 bridgehead atoms. The first-order valence-corrected chi connectivity index (χ1v) is 7.67. The van der Waals surface area contributed by atoms with Crippen LogP contribution >= 0.6 is 0 Å². The Kier molecular flexibility index (Phi) is 4.68. The fourth-order valence-electron chi connectivity index (χ4n) is 2.43. The van der Waals surface area contributed by atoms with E-state index in [1.807, 2.05) is 42.5 Å². The number of hydrogen-bond donors (Lipinski definition) is 2. The Morgan fingerprint density at radius 3 is 2.33 bits per heavy atom. The van der Waals surface area contributed by atoms with E-state index in [9.17, 15) is 10.2 Å². The van der Waals surface area contributed by atoms with Crippen molar-refractivity contribution in [2.75, 3.05) is 0 Å². The highest BCUT2D eigenvalue weighted by atomic mass is 16.3. The van der Waals surface area contributed by atoms with Gasteiger partial charge in [0.25, 0.3) is 0 Å². The molecule has 0 atom stereocenters. The average molecular weight is 318 g/mol. The number of aromatic hydroxyl groups is 1. The van der Waals surface area contributed by atoms with Gasteiger partial charge >= 0.3 is 0 Å². The van der Waals surface area contributed by atoms with Crippen molar-refractivity contribution in [2.45, 2.75) is 13.5 Å². The topological polar surface area (TPSA) is 65.7 Å². The van der Waals surface area contributed by atoms with Crippen molar-refractivity contribution in [3.8, 4) is 16.9 Å². The van der Waals surface area contributed by atoms with Crippen LogP contribution in [0.3, 0.4) is 0 Å². The first kappa shape index (κ1) is 15.9. The smallest absolute Gasteiger partial charge is 0.145 e. The van der Waals surface area contributed by atoms with Crippen molar-refractivity contribution in [3.05, 3.63) is 77.6 Å². The lowest BCUT2D eigenvalue weighted by molar-refractivity contribution is 0.280. The minimum atomic E-state index is -0.199. The Morgan fingerprint density at radius 1 is 1.00 bits per heavy atom. The van der Waals surface area contributed by atoms with Crippen molar-refractivity contribution in [1.29, 1.82) is 0 Å². The Labute approximate surface area is 140 Å². The highest BCUT2D eigenvalue weighted by molar-refractivity contribution is 5.87. The summed E-state index contributed by atoms with van der Waals surface area (Å²) in [6.45, 7) is 1.51. The molecule has 0 spiro atoms. The minimum Gasteiger partial charge on any atom is -0.505 e. The fraction of sp³-hybridized carbons (Fsp3) is 0.100. The maximum absolute atomic E-state index is 10.1. The van der Waals surface area contributed by atoms with E-state index in [-0.39, 0.29) is 12.4 Å². The highest BCUT2D eigenvalue weighted by Gasteiger charge is 2.09. The molecule has 1 heterocycles. The minimum absolute atomic E-state index is 0.0474. The second-order valence-corrected chi connectivity index (χ2v) is 5.46. The molecule has 4 nitrogen and oxygen atoms in total. The Balaban J connectivity index is 1.87. The number of aromatic nitrogens is 1. The largest absolute Gasteiger partial charge is 0.505 e. The van der Waals surface area contributed by atoms with Crippen molar-refractivity contribution in [1.82, 2.24) is 4.98 Å². The number of aliphatic hydroxyl groups is 1. The molecule has 3 rings (SSSR count). The molecule has 4 heteroatoms. The predicted molar refractivity (Wildman–Crippen MR) is 95.7 cm³/mol. The van der Waals surface area contributed by atoms with Crippen LogP contribution in [-0.2, 0) is 6.61 Å². The standard InChI is InChI=1S/C20H18N2O2/c1-14-20(24)19(17(13-23)11-21-14)12-22-18-9-7-16(8-10-18)15-5-3-2-4-6-15/h2-12,23-24H,13H2,1H3. The summed E-state index contributed by atoms with van der Waals surface area (Å²) in [5.41, 5.74) is 4.59. The molecule has 0 aliphatic rings. The summed E-state index contributed by atoms with van der Waals surface area (Å²) in [5, 5.41) is 19.5. The number of nitrogens with zero attached hydrogens (tertiary/aromatic N) is 2. The SMILES string of the molecule is Cc1ncc(CO)c(C=Nc2ccc(-c3ccccc3)cc2)c1O. The van der Waals surface area contributed by atoms with E-state index in [0.29, 0.717) is 16.8 Å². The number of benzene rings is 2. The van der Waals surface area contributed by atoms with Gasteiger partial charge in [-0.2, -0.15) is 0 Å². The lowest BCUT2D eigenvalue weighted by atomic mass is 10.1. The first-order valence-electron chi connectivity index (χ1n) is 7.67. The molecular formula is C20H18N2O2. The van der Waals surface area contributed by atoms with Crippen LogP contribution in [0.15, 0.2) is 65.8 Å². The summed E-state index contributed by atoms with van der Waals surface area (Å²) in [7, 11) is 0. The molecule has 0 amide bonds. The van der Waals surface area contributed by atoms with Gasteiger partial charge in [-0.25, -0.2) is 0 Å². The lowest BCUT2D eigenvalue weighted by Crippen LogP contribution is -1.97. The number of aliphatic hydroxyl groups excluding tert-OH is 1. The van der Waals surface area contributed by atoms with Crippen LogP contribution in [0.5, 0.6) is 5.75 Å². The van der Waals surface area contributed by atoms with Gasteiger partial charge in [-0.15, -0.1) is 0 Å². The molecule has 24 heavy (non-hydrogen) atoms.